The van der Waals surface area contributed by atoms with Gasteiger partial charge in [-0.25, -0.2) is 4.39 Å². The van der Waals surface area contributed by atoms with Gasteiger partial charge in [0.2, 0.25) is 5.91 Å². The zero-order valence-corrected chi connectivity index (χ0v) is 19.0. The van der Waals surface area contributed by atoms with Crippen molar-refractivity contribution >= 4 is 11.8 Å². The Kier molecular flexibility index (Phi) is 8.65. The number of nitrogens with zero attached hydrogens (tertiary/aromatic N) is 1. The molecule has 0 unspecified atom stereocenters. The summed E-state index contributed by atoms with van der Waals surface area (Å²) < 4.78 is 19.0. The fourth-order valence-corrected chi connectivity index (χ4v) is 3.99. The lowest BCUT2D eigenvalue weighted by atomic mass is 9.95. The summed E-state index contributed by atoms with van der Waals surface area (Å²) in [5.74, 6) is -0.190. The molecule has 5 nitrogen and oxygen atoms in total. The van der Waals surface area contributed by atoms with Gasteiger partial charge in [0.25, 0.3) is 5.91 Å². The van der Waals surface area contributed by atoms with E-state index < -0.39 is 6.04 Å². The smallest absolute Gasteiger partial charge is 0.261 e. The number of nitrogens with one attached hydrogen (secondary N) is 1. The maximum atomic E-state index is 13.3. The lowest BCUT2D eigenvalue weighted by Gasteiger charge is -2.31. The van der Waals surface area contributed by atoms with Crippen molar-refractivity contribution in [2.45, 2.75) is 71.0 Å². The molecule has 0 heterocycles. The topological polar surface area (TPSA) is 58.6 Å². The maximum Gasteiger partial charge on any atom is 0.261 e. The molecule has 2 aromatic carbocycles. The zero-order chi connectivity index (χ0) is 22.9. The van der Waals surface area contributed by atoms with Crippen LogP contribution in [0.5, 0.6) is 5.75 Å². The van der Waals surface area contributed by atoms with Crippen LogP contribution in [0.4, 0.5) is 4.39 Å². The number of amides is 2. The average molecular weight is 441 g/mol. The van der Waals surface area contributed by atoms with E-state index in [2.05, 4.69) is 12.2 Å². The third-order valence-electron chi connectivity index (χ3n) is 6.08. The van der Waals surface area contributed by atoms with E-state index >= 15 is 0 Å². The average Bonchev–Trinajstić information content (AvgIpc) is 2.82. The predicted octanol–water partition coefficient (Wildman–Crippen LogP) is 4.63. The normalized spacial score (nSPS) is 15.1. The molecule has 6 heteroatoms. The van der Waals surface area contributed by atoms with Gasteiger partial charge < -0.3 is 15.0 Å². The molecule has 1 atom stereocenters. The van der Waals surface area contributed by atoms with Gasteiger partial charge in [-0.1, -0.05) is 50.5 Å². The molecule has 0 aliphatic heterocycles. The van der Waals surface area contributed by atoms with Crippen molar-refractivity contribution in [3.63, 3.8) is 0 Å². The minimum Gasteiger partial charge on any atom is -0.484 e. The largest absolute Gasteiger partial charge is 0.484 e. The predicted molar refractivity (Wildman–Crippen MR) is 123 cm³/mol. The van der Waals surface area contributed by atoms with Crippen LogP contribution in [0.15, 0.2) is 48.5 Å². The number of halogens is 1. The second-order valence-corrected chi connectivity index (χ2v) is 8.45. The van der Waals surface area contributed by atoms with Crippen LogP contribution in [-0.4, -0.2) is 35.4 Å². The van der Waals surface area contributed by atoms with Gasteiger partial charge in [-0.2, -0.15) is 0 Å². The van der Waals surface area contributed by atoms with Gasteiger partial charge in [0, 0.05) is 12.6 Å². The van der Waals surface area contributed by atoms with E-state index in [9.17, 15) is 14.0 Å². The molecule has 172 valence electrons. The Balaban J connectivity index is 1.68. The molecular weight excluding hydrogens is 407 g/mol. The van der Waals surface area contributed by atoms with E-state index in [0.717, 1.165) is 37.7 Å². The van der Waals surface area contributed by atoms with Crippen LogP contribution in [0, 0.1) is 5.82 Å². The number of rotatable bonds is 9. The highest BCUT2D eigenvalue weighted by Crippen LogP contribution is 2.19. The first-order valence-corrected chi connectivity index (χ1v) is 11.5. The van der Waals surface area contributed by atoms with Gasteiger partial charge in [0.1, 0.15) is 17.6 Å². The van der Waals surface area contributed by atoms with Gasteiger partial charge in [-0.05, 0) is 61.6 Å². The van der Waals surface area contributed by atoms with Gasteiger partial charge in [0.05, 0.1) is 0 Å². The van der Waals surface area contributed by atoms with Gasteiger partial charge in [-0.15, -0.1) is 0 Å². The fraction of sp³-hybridized carbons (Fsp3) is 0.462. The minimum absolute atomic E-state index is 0.162. The van der Waals surface area contributed by atoms with Crippen molar-refractivity contribution in [2.24, 2.45) is 0 Å². The van der Waals surface area contributed by atoms with E-state index in [1.54, 1.807) is 19.1 Å². The third-order valence-corrected chi connectivity index (χ3v) is 6.08. The van der Waals surface area contributed by atoms with Crippen molar-refractivity contribution in [2.75, 3.05) is 6.61 Å². The van der Waals surface area contributed by atoms with Crippen molar-refractivity contribution in [3.05, 3.63) is 65.5 Å². The second kappa shape index (κ2) is 11.7. The highest BCUT2D eigenvalue weighted by Gasteiger charge is 2.28. The first-order chi connectivity index (χ1) is 15.5. The molecule has 32 heavy (non-hydrogen) atoms. The molecular formula is C26H33FN2O3. The maximum absolute atomic E-state index is 13.3. The standard InChI is InChI=1S/C26H33FN2O3/c1-3-20-11-15-24(16-12-20)32-18-25(30)29(17-21-9-13-22(27)14-10-21)19(2)26(31)28-23-7-5-4-6-8-23/h9-16,19,23H,3-8,17-18H2,1-2H3,(H,28,31)/t19-/m1/s1. The van der Waals surface area contributed by atoms with Crippen LogP contribution >= 0.6 is 0 Å². The summed E-state index contributed by atoms with van der Waals surface area (Å²) in [7, 11) is 0. The number of benzene rings is 2. The Bertz CT molecular complexity index is 877. The van der Waals surface area contributed by atoms with Crippen LogP contribution in [0.2, 0.25) is 0 Å². The molecule has 2 aromatic rings. The van der Waals surface area contributed by atoms with Gasteiger partial charge >= 0.3 is 0 Å². The van der Waals surface area contributed by atoms with Crippen molar-refractivity contribution in [1.29, 1.82) is 0 Å². The van der Waals surface area contributed by atoms with E-state index in [0.29, 0.717) is 5.75 Å². The Hall–Kier alpha value is -2.89. The summed E-state index contributed by atoms with van der Waals surface area (Å²) in [5.41, 5.74) is 1.94. The Morgan fingerprint density at radius 1 is 1.03 bits per heavy atom. The van der Waals surface area contributed by atoms with Crippen LogP contribution in [0.25, 0.3) is 0 Å². The molecule has 1 N–H and O–H groups in total. The minimum atomic E-state index is -0.666. The van der Waals surface area contributed by atoms with Crippen LogP contribution in [-0.2, 0) is 22.6 Å². The number of carbonyl (C=O) groups is 2. The number of ether oxygens (including phenoxy) is 1. The van der Waals surface area contributed by atoms with Gasteiger partial charge in [0.15, 0.2) is 6.61 Å². The fourth-order valence-electron chi connectivity index (χ4n) is 3.99. The molecule has 1 aliphatic rings. The Labute approximate surface area is 190 Å². The molecule has 0 radical (unpaired) electrons. The molecule has 0 spiro atoms. The highest BCUT2D eigenvalue weighted by atomic mass is 19.1. The molecule has 0 aromatic heterocycles. The lowest BCUT2D eigenvalue weighted by Crippen LogP contribution is -2.51. The summed E-state index contributed by atoms with van der Waals surface area (Å²) in [6.45, 7) is 3.84. The van der Waals surface area contributed by atoms with Crippen molar-refractivity contribution in [3.8, 4) is 5.75 Å². The van der Waals surface area contributed by atoms with Gasteiger partial charge in [-0.3, -0.25) is 9.59 Å². The van der Waals surface area contributed by atoms with E-state index in [4.69, 9.17) is 4.74 Å². The first-order valence-electron chi connectivity index (χ1n) is 11.5. The number of hydrogen-bond acceptors (Lipinski definition) is 3. The van der Waals surface area contributed by atoms with Crippen LogP contribution in [0.3, 0.4) is 0 Å². The monoisotopic (exact) mass is 440 g/mol. The van der Waals surface area contributed by atoms with E-state index in [-0.39, 0.29) is 36.8 Å². The van der Waals surface area contributed by atoms with E-state index in [1.807, 2.05) is 24.3 Å². The number of hydrogen-bond donors (Lipinski definition) is 1. The second-order valence-electron chi connectivity index (χ2n) is 8.45. The molecule has 0 saturated heterocycles. The Morgan fingerprint density at radius 3 is 2.28 bits per heavy atom. The Morgan fingerprint density at radius 2 is 1.66 bits per heavy atom. The third kappa shape index (κ3) is 6.81. The summed E-state index contributed by atoms with van der Waals surface area (Å²) in [6.07, 6.45) is 6.30. The highest BCUT2D eigenvalue weighted by molar-refractivity contribution is 5.88. The first kappa shape index (κ1) is 23.8. The van der Waals surface area contributed by atoms with Crippen molar-refractivity contribution < 1.29 is 18.7 Å². The molecule has 1 saturated carbocycles. The van der Waals surface area contributed by atoms with E-state index in [1.165, 1.54) is 29.0 Å². The molecule has 0 bridgehead atoms. The summed E-state index contributed by atoms with van der Waals surface area (Å²) >= 11 is 0. The van der Waals surface area contributed by atoms with Crippen LogP contribution in [0.1, 0.15) is 57.1 Å². The molecule has 2 amide bonds. The number of carbonyl (C=O) groups excluding carboxylic acids is 2. The van der Waals surface area contributed by atoms with Crippen LogP contribution < -0.4 is 10.1 Å². The molecule has 1 fully saturated rings. The summed E-state index contributed by atoms with van der Waals surface area (Å²) in [4.78, 5) is 27.5. The lowest BCUT2D eigenvalue weighted by molar-refractivity contribution is -0.142. The molecule has 1 aliphatic carbocycles. The molecule has 3 rings (SSSR count). The van der Waals surface area contributed by atoms with Crippen molar-refractivity contribution in [1.82, 2.24) is 10.2 Å². The summed E-state index contributed by atoms with van der Waals surface area (Å²) in [6, 6.07) is 13.1. The summed E-state index contributed by atoms with van der Waals surface area (Å²) in [5, 5.41) is 3.10. The zero-order valence-electron chi connectivity index (χ0n) is 19.0. The SMILES string of the molecule is CCc1ccc(OCC(=O)N(Cc2ccc(F)cc2)[C@H](C)C(=O)NC2CCCCC2)cc1. The number of aryl methyl sites for hydroxylation is 1. The quantitative estimate of drug-likeness (QED) is 0.618.